The van der Waals surface area contributed by atoms with Crippen LogP contribution >= 0.6 is 0 Å². The molecular formula is C20H22N4. The predicted octanol–water partition coefficient (Wildman–Crippen LogP) is 2.93. The Bertz CT molecular complexity index is 817. The number of hydrogen-bond acceptors (Lipinski definition) is 4. The first-order chi connectivity index (χ1) is 11.8. The molecule has 1 fully saturated rings. The number of fused-ring (bicyclic) bond motifs is 1. The van der Waals surface area contributed by atoms with Crippen molar-refractivity contribution in [3.8, 4) is 0 Å². The maximum Gasteiger partial charge on any atom is 0.0784 e. The number of aromatic nitrogens is 2. The molecular weight excluding hydrogens is 296 g/mol. The number of aryl methyl sites for hydroxylation is 1. The van der Waals surface area contributed by atoms with E-state index in [2.05, 4.69) is 58.5 Å². The maximum atomic E-state index is 4.75. The van der Waals surface area contributed by atoms with E-state index in [1.54, 1.807) is 0 Å². The minimum Gasteiger partial charge on any atom is -0.314 e. The Hall–Kier alpha value is -2.30. The van der Waals surface area contributed by atoms with Gasteiger partial charge < -0.3 is 5.32 Å². The normalized spacial score (nSPS) is 17.0. The smallest absolute Gasteiger partial charge is 0.0784 e. The summed E-state index contributed by atoms with van der Waals surface area (Å²) in [5.41, 5.74) is 4.64. The molecule has 1 unspecified atom stereocenters. The highest BCUT2D eigenvalue weighted by Crippen LogP contribution is 2.32. The molecule has 0 bridgehead atoms. The quantitative estimate of drug-likeness (QED) is 0.806. The van der Waals surface area contributed by atoms with E-state index >= 15 is 0 Å². The standard InChI is InChI=1S/C20H22N4/c1-15-6-7-19(23-14-15)20(24-12-10-21-11-13-24)17-8-9-22-18-5-3-2-4-16(17)18/h2-9,14,20-21H,10-13H2,1H3. The van der Waals surface area contributed by atoms with Crippen LogP contribution in [0, 0.1) is 6.92 Å². The van der Waals surface area contributed by atoms with Crippen molar-refractivity contribution in [3.05, 3.63) is 71.7 Å². The molecule has 24 heavy (non-hydrogen) atoms. The second-order valence-corrected chi connectivity index (χ2v) is 6.37. The Morgan fingerprint density at radius 3 is 2.62 bits per heavy atom. The summed E-state index contributed by atoms with van der Waals surface area (Å²) >= 11 is 0. The van der Waals surface area contributed by atoms with Gasteiger partial charge in [-0.1, -0.05) is 24.3 Å². The van der Waals surface area contributed by atoms with Gasteiger partial charge >= 0.3 is 0 Å². The lowest BCUT2D eigenvalue weighted by atomic mass is 9.96. The van der Waals surface area contributed by atoms with Crippen LogP contribution < -0.4 is 5.32 Å². The molecule has 3 heterocycles. The Labute approximate surface area is 142 Å². The molecule has 0 spiro atoms. The number of benzene rings is 1. The first kappa shape index (κ1) is 15.2. The molecule has 2 aromatic heterocycles. The van der Waals surface area contributed by atoms with Crippen molar-refractivity contribution in [3.63, 3.8) is 0 Å². The number of nitrogens with zero attached hydrogens (tertiary/aromatic N) is 3. The first-order valence-electron chi connectivity index (χ1n) is 8.54. The number of nitrogens with one attached hydrogen (secondary N) is 1. The fourth-order valence-corrected chi connectivity index (χ4v) is 3.48. The summed E-state index contributed by atoms with van der Waals surface area (Å²) in [5, 5.41) is 4.66. The lowest BCUT2D eigenvalue weighted by Gasteiger charge is -2.35. The minimum absolute atomic E-state index is 0.167. The highest BCUT2D eigenvalue weighted by Gasteiger charge is 2.26. The first-order valence-corrected chi connectivity index (χ1v) is 8.54. The van der Waals surface area contributed by atoms with Crippen LogP contribution in [0.1, 0.15) is 22.9 Å². The van der Waals surface area contributed by atoms with Crippen LogP contribution in [0.4, 0.5) is 0 Å². The van der Waals surface area contributed by atoms with Crippen molar-refractivity contribution in [2.24, 2.45) is 0 Å². The molecule has 0 saturated carbocycles. The number of pyridine rings is 2. The van der Waals surface area contributed by atoms with Crippen LogP contribution in [0.25, 0.3) is 10.9 Å². The third-order valence-corrected chi connectivity index (χ3v) is 4.71. The second kappa shape index (κ2) is 6.67. The Morgan fingerprint density at radius 1 is 1.00 bits per heavy atom. The largest absolute Gasteiger partial charge is 0.314 e. The van der Waals surface area contributed by atoms with Gasteiger partial charge in [-0.05, 0) is 36.2 Å². The molecule has 1 atom stereocenters. The average molecular weight is 318 g/mol. The zero-order valence-electron chi connectivity index (χ0n) is 13.9. The van der Waals surface area contributed by atoms with Crippen molar-refractivity contribution in [1.82, 2.24) is 20.2 Å². The van der Waals surface area contributed by atoms with Gasteiger partial charge in [0.05, 0.1) is 17.3 Å². The molecule has 4 heteroatoms. The molecule has 4 rings (SSSR count). The molecule has 0 amide bonds. The van der Waals surface area contributed by atoms with Crippen LogP contribution in [0.5, 0.6) is 0 Å². The van der Waals surface area contributed by atoms with Crippen LogP contribution in [0.3, 0.4) is 0 Å². The molecule has 3 aromatic rings. The van der Waals surface area contributed by atoms with E-state index < -0.39 is 0 Å². The van der Waals surface area contributed by atoms with Gasteiger partial charge in [0.1, 0.15) is 0 Å². The van der Waals surface area contributed by atoms with Gasteiger partial charge in [-0.15, -0.1) is 0 Å². The van der Waals surface area contributed by atoms with Gasteiger partial charge in [0, 0.05) is 44.0 Å². The van der Waals surface area contributed by atoms with Crippen molar-refractivity contribution in [2.75, 3.05) is 26.2 Å². The van der Waals surface area contributed by atoms with Crippen LogP contribution in [0.2, 0.25) is 0 Å². The molecule has 1 saturated heterocycles. The second-order valence-electron chi connectivity index (χ2n) is 6.37. The van der Waals surface area contributed by atoms with Crippen LogP contribution in [-0.2, 0) is 0 Å². The van der Waals surface area contributed by atoms with Crippen molar-refractivity contribution in [2.45, 2.75) is 13.0 Å². The fourth-order valence-electron chi connectivity index (χ4n) is 3.48. The Balaban J connectivity index is 1.86. The zero-order valence-corrected chi connectivity index (χ0v) is 13.9. The SMILES string of the molecule is Cc1ccc(C(c2ccnc3ccccc23)N2CCNCC2)nc1. The Morgan fingerprint density at radius 2 is 1.83 bits per heavy atom. The number of hydrogen-bond donors (Lipinski definition) is 1. The van der Waals surface area contributed by atoms with Crippen LogP contribution in [0.15, 0.2) is 54.9 Å². The van der Waals surface area contributed by atoms with Gasteiger partial charge in [-0.2, -0.15) is 0 Å². The monoisotopic (exact) mass is 318 g/mol. The molecule has 0 aliphatic carbocycles. The summed E-state index contributed by atoms with van der Waals surface area (Å²) < 4.78 is 0. The summed E-state index contributed by atoms with van der Waals surface area (Å²) in [6.45, 7) is 6.17. The van der Waals surface area contributed by atoms with Crippen molar-refractivity contribution < 1.29 is 0 Å². The third-order valence-electron chi connectivity index (χ3n) is 4.71. The highest BCUT2D eigenvalue weighted by molar-refractivity contribution is 5.82. The van der Waals surface area contributed by atoms with Crippen molar-refractivity contribution >= 4 is 10.9 Å². The van der Waals surface area contributed by atoms with Gasteiger partial charge in [0.25, 0.3) is 0 Å². The van der Waals surface area contributed by atoms with Gasteiger partial charge in [-0.25, -0.2) is 0 Å². The lowest BCUT2D eigenvalue weighted by molar-refractivity contribution is 0.196. The van der Waals surface area contributed by atoms with E-state index in [-0.39, 0.29) is 6.04 Å². The topological polar surface area (TPSA) is 41.1 Å². The van der Waals surface area contributed by atoms with E-state index in [4.69, 9.17) is 4.98 Å². The zero-order chi connectivity index (χ0) is 16.4. The summed E-state index contributed by atoms with van der Waals surface area (Å²) in [6, 6.07) is 15.0. The van der Waals surface area contributed by atoms with E-state index in [9.17, 15) is 0 Å². The minimum atomic E-state index is 0.167. The summed E-state index contributed by atoms with van der Waals surface area (Å²) in [4.78, 5) is 11.8. The van der Waals surface area contributed by atoms with E-state index in [1.807, 2.05) is 18.5 Å². The maximum absolute atomic E-state index is 4.75. The van der Waals surface area contributed by atoms with Gasteiger partial charge in [-0.3, -0.25) is 14.9 Å². The van der Waals surface area contributed by atoms with E-state index in [0.29, 0.717) is 0 Å². The molecule has 1 aromatic carbocycles. The lowest BCUT2D eigenvalue weighted by Crippen LogP contribution is -2.45. The predicted molar refractivity (Wildman–Crippen MR) is 97.0 cm³/mol. The molecule has 122 valence electrons. The highest BCUT2D eigenvalue weighted by atomic mass is 15.2. The number of para-hydroxylation sites is 1. The molecule has 1 aliphatic heterocycles. The van der Waals surface area contributed by atoms with Gasteiger partial charge in [0.15, 0.2) is 0 Å². The van der Waals surface area contributed by atoms with Crippen molar-refractivity contribution in [1.29, 1.82) is 0 Å². The summed E-state index contributed by atoms with van der Waals surface area (Å²) in [5.74, 6) is 0. The van der Waals surface area contributed by atoms with Gasteiger partial charge in [0.2, 0.25) is 0 Å². The summed E-state index contributed by atoms with van der Waals surface area (Å²) in [6.07, 6.45) is 3.88. The molecule has 0 radical (unpaired) electrons. The Kier molecular flexibility index (Phi) is 4.24. The van der Waals surface area contributed by atoms with E-state index in [1.165, 1.54) is 16.5 Å². The third kappa shape index (κ3) is 2.90. The van der Waals surface area contributed by atoms with E-state index in [0.717, 1.165) is 37.4 Å². The molecule has 4 nitrogen and oxygen atoms in total. The number of piperazine rings is 1. The van der Waals surface area contributed by atoms with Crippen LogP contribution in [-0.4, -0.2) is 41.0 Å². The fraction of sp³-hybridized carbons (Fsp3) is 0.300. The summed E-state index contributed by atoms with van der Waals surface area (Å²) in [7, 11) is 0. The molecule has 1 aliphatic rings. The average Bonchev–Trinajstić information content (AvgIpc) is 2.65. The molecule has 1 N–H and O–H groups in total. The number of rotatable bonds is 3.